The number of guanidine groups is 1. The number of fused-ring (bicyclic) bond motifs is 1. The molecule has 0 saturated carbocycles. The van der Waals surface area contributed by atoms with Gasteiger partial charge in [0.05, 0.1) is 6.54 Å². The van der Waals surface area contributed by atoms with Gasteiger partial charge in [0.2, 0.25) is 0 Å². The average Bonchev–Trinajstić information content (AvgIpc) is 3.04. The maximum absolute atomic E-state index is 13.1. The lowest BCUT2D eigenvalue weighted by molar-refractivity contribution is 0.624. The monoisotopic (exact) mass is 340 g/mol. The number of hydrogen-bond donors (Lipinski definition) is 2. The molecule has 0 saturated heterocycles. The highest BCUT2D eigenvalue weighted by atomic mass is 19.1. The molecule has 6 nitrogen and oxygen atoms in total. The number of nitrogens with zero attached hydrogens (tertiary/aromatic N) is 4. The van der Waals surface area contributed by atoms with Crippen LogP contribution in [0.4, 0.5) is 4.39 Å². The number of aryl methyl sites for hydroxylation is 1. The number of pyridine rings is 1. The molecule has 130 valence electrons. The Morgan fingerprint density at radius 1 is 1.16 bits per heavy atom. The topological polar surface area (TPSA) is 66.6 Å². The first kappa shape index (κ1) is 16.9. The Hall–Kier alpha value is -2.96. The molecule has 0 amide bonds. The predicted molar refractivity (Wildman–Crippen MR) is 95.9 cm³/mol. The van der Waals surface area contributed by atoms with Gasteiger partial charge < -0.3 is 10.6 Å². The minimum Gasteiger partial charge on any atom is -0.356 e. The SMILES string of the molecule is CN=C(NCCCc1cccc(F)c1)NCc1nnc2ccccn12. The van der Waals surface area contributed by atoms with Gasteiger partial charge in [-0.05, 0) is 42.7 Å². The lowest BCUT2D eigenvalue weighted by atomic mass is 10.1. The molecule has 2 heterocycles. The van der Waals surface area contributed by atoms with E-state index < -0.39 is 0 Å². The van der Waals surface area contributed by atoms with Gasteiger partial charge in [-0.15, -0.1) is 10.2 Å². The van der Waals surface area contributed by atoms with Crippen LogP contribution in [0.5, 0.6) is 0 Å². The van der Waals surface area contributed by atoms with Crippen molar-refractivity contribution in [3.8, 4) is 0 Å². The number of rotatable bonds is 6. The number of benzene rings is 1. The first-order valence-electron chi connectivity index (χ1n) is 8.24. The van der Waals surface area contributed by atoms with Crippen LogP contribution >= 0.6 is 0 Å². The first-order valence-corrected chi connectivity index (χ1v) is 8.24. The van der Waals surface area contributed by atoms with Crippen LogP contribution in [-0.2, 0) is 13.0 Å². The minimum absolute atomic E-state index is 0.191. The molecule has 1 aromatic carbocycles. The van der Waals surface area contributed by atoms with Crippen LogP contribution < -0.4 is 10.6 Å². The molecular weight excluding hydrogens is 319 g/mol. The Labute approximate surface area is 145 Å². The Balaban J connectivity index is 1.45. The van der Waals surface area contributed by atoms with Gasteiger partial charge >= 0.3 is 0 Å². The Kier molecular flexibility index (Phi) is 5.56. The summed E-state index contributed by atoms with van der Waals surface area (Å²) in [6.07, 6.45) is 3.64. The summed E-state index contributed by atoms with van der Waals surface area (Å²) in [6.45, 7) is 1.27. The largest absolute Gasteiger partial charge is 0.356 e. The highest BCUT2D eigenvalue weighted by Gasteiger charge is 2.05. The zero-order chi connectivity index (χ0) is 17.5. The van der Waals surface area contributed by atoms with Crippen molar-refractivity contribution in [3.63, 3.8) is 0 Å². The molecule has 3 aromatic rings. The molecule has 2 N–H and O–H groups in total. The van der Waals surface area contributed by atoms with Gasteiger partial charge in [-0.1, -0.05) is 18.2 Å². The van der Waals surface area contributed by atoms with E-state index in [0.717, 1.165) is 36.4 Å². The molecule has 7 heteroatoms. The van der Waals surface area contributed by atoms with E-state index in [1.54, 1.807) is 19.2 Å². The third-order valence-electron chi connectivity index (χ3n) is 3.85. The number of hydrogen-bond acceptors (Lipinski definition) is 3. The summed E-state index contributed by atoms with van der Waals surface area (Å²) in [5.41, 5.74) is 1.82. The van der Waals surface area contributed by atoms with Gasteiger partial charge in [-0.2, -0.15) is 0 Å². The second-order valence-corrected chi connectivity index (χ2v) is 5.63. The van der Waals surface area contributed by atoms with E-state index in [4.69, 9.17) is 0 Å². The Bertz CT molecular complexity index is 857. The Morgan fingerprint density at radius 3 is 2.92 bits per heavy atom. The zero-order valence-corrected chi connectivity index (χ0v) is 14.1. The molecule has 0 radical (unpaired) electrons. The van der Waals surface area contributed by atoms with Crippen molar-refractivity contribution in [1.29, 1.82) is 0 Å². The van der Waals surface area contributed by atoms with Crippen LogP contribution in [0.15, 0.2) is 53.7 Å². The Morgan fingerprint density at radius 2 is 2.08 bits per heavy atom. The number of aliphatic imine (C=N–C) groups is 1. The molecule has 0 aliphatic heterocycles. The van der Waals surface area contributed by atoms with Gasteiger partial charge in [0, 0.05) is 19.8 Å². The van der Waals surface area contributed by atoms with Crippen LogP contribution in [0, 0.1) is 5.82 Å². The first-order chi connectivity index (χ1) is 12.3. The predicted octanol–water partition coefficient (Wildman–Crippen LogP) is 2.17. The highest BCUT2D eigenvalue weighted by molar-refractivity contribution is 5.79. The molecule has 0 aliphatic rings. The summed E-state index contributed by atoms with van der Waals surface area (Å²) in [5.74, 6) is 1.33. The minimum atomic E-state index is -0.191. The van der Waals surface area contributed by atoms with Gasteiger partial charge in [0.15, 0.2) is 17.4 Å². The fraction of sp³-hybridized carbons (Fsp3) is 0.278. The third kappa shape index (κ3) is 4.53. The summed E-state index contributed by atoms with van der Waals surface area (Å²) in [6, 6.07) is 12.5. The van der Waals surface area contributed by atoms with Crippen molar-refractivity contribution in [1.82, 2.24) is 25.2 Å². The molecule has 0 atom stereocenters. The molecule has 2 aromatic heterocycles. The number of halogens is 1. The number of aromatic nitrogens is 3. The molecule has 0 aliphatic carbocycles. The van der Waals surface area contributed by atoms with Crippen LogP contribution in [-0.4, -0.2) is 34.2 Å². The van der Waals surface area contributed by atoms with Crippen LogP contribution in [0.3, 0.4) is 0 Å². The normalized spacial score (nSPS) is 11.7. The van der Waals surface area contributed by atoms with E-state index >= 15 is 0 Å². The van der Waals surface area contributed by atoms with Crippen molar-refractivity contribution in [2.24, 2.45) is 4.99 Å². The van der Waals surface area contributed by atoms with Crippen molar-refractivity contribution >= 4 is 11.6 Å². The quantitative estimate of drug-likeness (QED) is 0.410. The summed E-state index contributed by atoms with van der Waals surface area (Å²) >= 11 is 0. The lowest BCUT2D eigenvalue weighted by Gasteiger charge is -2.11. The van der Waals surface area contributed by atoms with E-state index in [9.17, 15) is 4.39 Å². The molecular formula is C18H21FN6. The second kappa shape index (κ2) is 8.23. The van der Waals surface area contributed by atoms with Gasteiger partial charge in [0.1, 0.15) is 5.82 Å². The van der Waals surface area contributed by atoms with E-state index in [0.29, 0.717) is 12.5 Å². The standard InChI is InChI=1S/C18H21FN6/c1-20-18(21-10-5-7-14-6-4-8-15(19)12-14)22-13-17-24-23-16-9-2-3-11-25(16)17/h2-4,6,8-9,11-12H,5,7,10,13H2,1H3,(H2,20,21,22). The van der Waals surface area contributed by atoms with Gasteiger partial charge in [0.25, 0.3) is 0 Å². The second-order valence-electron chi connectivity index (χ2n) is 5.63. The molecule has 3 rings (SSSR count). The maximum Gasteiger partial charge on any atom is 0.191 e. The van der Waals surface area contributed by atoms with Crippen molar-refractivity contribution in [3.05, 3.63) is 65.9 Å². The lowest BCUT2D eigenvalue weighted by Crippen LogP contribution is -2.37. The average molecular weight is 340 g/mol. The fourth-order valence-corrected chi connectivity index (χ4v) is 2.59. The zero-order valence-electron chi connectivity index (χ0n) is 14.1. The van der Waals surface area contributed by atoms with Crippen molar-refractivity contribution < 1.29 is 4.39 Å². The van der Waals surface area contributed by atoms with Crippen molar-refractivity contribution in [2.45, 2.75) is 19.4 Å². The molecule has 25 heavy (non-hydrogen) atoms. The summed E-state index contributed by atoms with van der Waals surface area (Å²) in [4.78, 5) is 4.20. The van der Waals surface area contributed by atoms with Crippen LogP contribution in [0.25, 0.3) is 5.65 Å². The number of nitrogens with one attached hydrogen (secondary N) is 2. The highest BCUT2D eigenvalue weighted by Crippen LogP contribution is 2.05. The van der Waals surface area contributed by atoms with Crippen LogP contribution in [0.1, 0.15) is 17.8 Å². The smallest absolute Gasteiger partial charge is 0.191 e. The summed E-state index contributed by atoms with van der Waals surface area (Å²) in [7, 11) is 1.73. The van der Waals surface area contributed by atoms with Crippen LogP contribution in [0.2, 0.25) is 0 Å². The fourth-order valence-electron chi connectivity index (χ4n) is 2.59. The van der Waals surface area contributed by atoms with E-state index in [2.05, 4.69) is 25.8 Å². The summed E-state index contributed by atoms with van der Waals surface area (Å²) in [5, 5.41) is 14.8. The van der Waals surface area contributed by atoms with E-state index in [1.807, 2.05) is 34.9 Å². The molecule has 0 bridgehead atoms. The molecule has 0 unspecified atom stereocenters. The third-order valence-corrected chi connectivity index (χ3v) is 3.85. The van der Waals surface area contributed by atoms with Crippen molar-refractivity contribution in [2.75, 3.05) is 13.6 Å². The van der Waals surface area contributed by atoms with E-state index in [-0.39, 0.29) is 5.82 Å². The molecule has 0 spiro atoms. The molecule has 0 fully saturated rings. The van der Waals surface area contributed by atoms with E-state index in [1.165, 1.54) is 6.07 Å². The van der Waals surface area contributed by atoms with Gasteiger partial charge in [-0.25, -0.2) is 4.39 Å². The van der Waals surface area contributed by atoms with Gasteiger partial charge in [-0.3, -0.25) is 9.39 Å². The maximum atomic E-state index is 13.1. The summed E-state index contributed by atoms with van der Waals surface area (Å²) < 4.78 is 15.1.